The molecule has 3 aromatic carbocycles. The van der Waals surface area contributed by atoms with Crippen molar-refractivity contribution in [3.63, 3.8) is 0 Å². The van der Waals surface area contributed by atoms with Crippen molar-refractivity contribution in [3.05, 3.63) is 77.3 Å². The van der Waals surface area contributed by atoms with Crippen molar-refractivity contribution >= 4 is 60.8 Å². The molecule has 0 amide bonds. The number of hydrogen-bond donors (Lipinski definition) is 0. The Balaban J connectivity index is 1.66. The number of rotatable bonds is 3. The van der Waals surface area contributed by atoms with Crippen LogP contribution in [0.5, 0.6) is 0 Å². The molecule has 1 atom stereocenters. The van der Waals surface area contributed by atoms with Crippen LogP contribution in [0.25, 0.3) is 0 Å². The lowest BCUT2D eigenvalue weighted by Gasteiger charge is -2.45. The van der Waals surface area contributed by atoms with E-state index >= 15 is 0 Å². The predicted octanol–water partition coefficient (Wildman–Crippen LogP) is 2.91. The minimum atomic E-state index is 0.861. The molecular formula is C21H22BBrN3P. The summed E-state index contributed by atoms with van der Waals surface area (Å²) in [6.45, 7) is 2.59. The third-order valence-corrected chi connectivity index (χ3v) is 5.79. The maximum atomic E-state index is 3.54. The number of nitrogens with zero attached hydrogens (tertiary/aromatic N) is 3. The van der Waals surface area contributed by atoms with E-state index in [0.29, 0.717) is 0 Å². The molecule has 136 valence electrons. The lowest BCUT2D eigenvalue weighted by atomic mass is 9.96. The number of anilines is 3. The van der Waals surface area contributed by atoms with Gasteiger partial charge in [0, 0.05) is 21.5 Å². The second-order valence-electron chi connectivity index (χ2n) is 6.95. The average molecular weight is 438 g/mol. The molecule has 1 fully saturated rings. The van der Waals surface area contributed by atoms with Crippen LogP contribution in [0.3, 0.4) is 0 Å². The first-order valence-electron chi connectivity index (χ1n) is 9.01. The Labute approximate surface area is 172 Å². The van der Waals surface area contributed by atoms with E-state index in [1.54, 1.807) is 0 Å². The van der Waals surface area contributed by atoms with Gasteiger partial charge in [-0.2, -0.15) is 0 Å². The maximum Gasteiger partial charge on any atom is 0.139 e. The zero-order chi connectivity index (χ0) is 18.8. The molecule has 6 heteroatoms. The van der Waals surface area contributed by atoms with E-state index in [9.17, 15) is 0 Å². The van der Waals surface area contributed by atoms with Gasteiger partial charge in [-0.3, -0.25) is 0 Å². The van der Waals surface area contributed by atoms with Crippen LogP contribution >= 0.6 is 25.2 Å². The summed E-state index contributed by atoms with van der Waals surface area (Å²) in [7, 11) is 4.89. The highest BCUT2D eigenvalue weighted by molar-refractivity contribution is 9.10. The molecule has 0 radical (unpaired) electrons. The Morgan fingerprint density at radius 2 is 1.00 bits per heavy atom. The van der Waals surface area contributed by atoms with E-state index in [-0.39, 0.29) is 0 Å². The standard InChI is InChI=1S/C21H22BBrN3P/c22-16-1-5-18(6-2-16)24-13-25(19-7-3-17(23)4-8-19)15-26(14-24)20-9-11-21(27)12-10-20/h1-12H,13-15,22,27H2. The lowest BCUT2D eigenvalue weighted by molar-refractivity contribution is 0.611. The van der Waals surface area contributed by atoms with E-state index in [1.807, 2.05) is 0 Å². The van der Waals surface area contributed by atoms with Crippen molar-refractivity contribution < 1.29 is 0 Å². The molecule has 1 unspecified atom stereocenters. The van der Waals surface area contributed by atoms with E-state index in [1.165, 1.54) is 27.8 Å². The quantitative estimate of drug-likeness (QED) is 0.460. The Hall–Kier alpha value is -1.97. The van der Waals surface area contributed by atoms with Gasteiger partial charge in [0.25, 0.3) is 0 Å². The molecule has 3 aromatic rings. The van der Waals surface area contributed by atoms with E-state index in [0.717, 1.165) is 24.5 Å². The fraction of sp³-hybridized carbons (Fsp3) is 0.143. The molecule has 0 saturated carbocycles. The Morgan fingerprint density at radius 1 is 0.630 bits per heavy atom. The molecule has 0 spiro atoms. The zero-order valence-corrected chi connectivity index (χ0v) is 18.1. The average Bonchev–Trinajstić information content (AvgIpc) is 2.69. The maximum absolute atomic E-state index is 3.54. The zero-order valence-electron chi connectivity index (χ0n) is 15.3. The normalized spacial score (nSPS) is 14.5. The molecule has 0 aliphatic carbocycles. The summed E-state index contributed by atoms with van der Waals surface area (Å²) in [5.74, 6) is 0. The van der Waals surface area contributed by atoms with Crippen molar-refractivity contribution in [2.45, 2.75) is 0 Å². The second-order valence-corrected chi connectivity index (χ2v) is 8.53. The Kier molecular flexibility index (Phi) is 5.42. The number of hydrogen-bond acceptors (Lipinski definition) is 3. The summed E-state index contributed by atoms with van der Waals surface area (Å²) in [4.78, 5) is 7.24. The van der Waals surface area contributed by atoms with Crippen molar-refractivity contribution in [1.82, 2.24) is 0 Å². The van der Waals surface area contributed by atoms with E-state index in [2.05, 4.69) is 121 Å². The van der Waals surface area contributed by atoms with Gasteiger partial charge in [0.2, 0.25) is 0 Å². The highest BCUT2D eigenvalue weighted by Crippen LogP contribution is 2.27. The first kappa shape index (κ1) is 18.4. The fourth-order valence-electron chi connectivity index (χ4n) is 3.33. The predicted molar refractivity (Wildman–Crippen MR) is 127 cm³/mol. The van der Waals surface area contributed by atoms with Gasteiger partial charge in [0.15, 0.2) is 0 Å². The highest BCUT2D eigenvalue weighted by Gasteiger charge is 2.24. The highest BCUT2D eigenvalue weighted by atomic mass is 79.9. The van der Waals surface area contributed by atoms with Gasteiger partial charge < -0.3 is 14.7 Å². The Morgan fingerprint density at radius 3 is 1.44 bits per heavy atom. The molecule has 0 aromatic heterocycles. The van der Waals surface area contributed by atoms with Crippen molar-refractivity contribution in [2.75, 3.05) is 34.7 Å². The smallest absolute Gasteiger partial charge is 0.139 e. The summed E-state index contributed by atoms with van der Waals surface area (Å²) in [6.07, 6.45) is 0. The fourth-order valence-corrected chi connectivity index (χ4v) is 3.79. The third-order valence-electron chi connectivity index (χ3n) is 4.87. The van der Waals surface area contributed by atoms with Crippen LogP contribution < -0.4 is 25.5 Å². The van der Waals surface area contributed by atoms with Gasteiger partial charge in [0.1, 0.15) is 7.85 Å². The molecular weight excluding hydrogens is 416 g/mol. The summed E-state index contributed by atoms with van der Waals surface area (Å²) in [6, 6.07) is 26.0. The van der Waals surface area contributed by atoms with Gasteiger partial charge in [0.05, 0.1) is 20.0 Å². The largest absolute Gasteiger partial charge is 0.336 e. The molecule has 3 nitrogen and oxygen atoms in total. The number of halogens is 1. The van der Waals surface area contributed by atoms with Crippen LogP contribution in [0.4, 0.5) is 17.1 Å². The van der Waals surface area contributed by atoms with Gasteiger partial charge >= 0.3 is 0 Å². The Bertz CT molecular complexity index is 772. The van der Waals surface area contributed by atoms with Crippen molar-refractivity contribution in [3.8, 4) is 0 Å². The first-order chi connectivity index (χ1) is 13.1. The molecule has 0 N–H and O–H groups in total. The molecule has 1 heterocycles. The van der Waals surface area contributed by atoms with E-state index < -0.39 is 0 Å². The monoisotopic (exact) mass is 437 g/mol. The van der Waals surface area contributed by atoms with Crippen LogP contribution in [0.15, 0.2) is 77.3 Å². The summed E-state index contributed by atoms with van der Waals surface area (Å²) >= 11 is 3.54. The van der Waals surface area contributed by atoms with Crippen LogP contribution in [0.2, 0.25) is 0 Å². The minimum absolute atomic E-state index is 0.861. The van der Waals surface area contributed by atoms with Gasteiger partial charge in [-0.05, 0) is 53.8 Å². The SMILES string of the molecule is Bc1ccc(N2CN(c3ccc(P)cc3)CN(c3ccc(Br)cc3)C2)cc1. The topological polar surface area (TPSA) is 9.72 Å². The van der Waals surface area contributed by atoms with Gasteiger partial charge in [-0.15, -0.1) is 9.24 Å². The van der Waals surface area contributed by atoms with Crippen LogP contribution in [0.1, 0.15) is 0 Å². The van der Waals surface area contributed by atoms with Gasteiger partial charge in [-0.25, -0.2) is 0 Å². The summed E-state index contributed by atoms with van der Waals surface area (Å²) in [5, 5.41) is 1.20. The molecule has 27 heavy (non-hydrogen) atoms. The number of benzene rings is 3. The minimum Gasteiger partial charge on any atom is -0.336 e. The van der Waals surface area contributed by atoms with Crippen LogP contribution in [-0.4, -0.2) is 27.9 Å². The van der Waals surface area contributed by atoms with E-state index in [4.69, 9.17) is 0 Å². The molecule has 1 saturated heterocycles. The molecule has 1 aliphatic rings. The first-order valence-corrected chi connectivity index (χ1v) is 10.4. The van der Waals surface area contributed by atoms with Crippen LogP contribution in [-0.2, 0) is 0 Å². The van der Waals surface area contributed by atoms with Gasteiger partial charge in [-0.1, -0.05) is 45.7 Å². The summed E-state index contributed by atoms with van der Waals surface area (Å²) in [5.41, 5.74) is 4.99. The lowest BCUT2D eigenvalue weighted by Crippen LogP contribution is -2.55. The van der Waals surface area contributed by atoms with Crippen molar-refractivity contribution in [2.24, 2.45) is 0 Å². The second kappa shape index (κ2) is 7.96. The molecule has 4 rings (SSSR count). The molecule has 1 aliphatic heterocycles. The van der Waals surface area contributed by atoms with Crippen molar-refractivity contribution in [1.29, 1.82) is 0 Å². The molecule has 0 bridgehead atoms. The summed E-state index contributed by atoms with van der Waals surface area (Å²) < 4.78 is 1.10. The van der Waals surface area contributed by atoms with Crippen LogP contribution in [0, 0.1) is 0 Å². The third kappa shape index (κ3) is 4.31.